The molecule has 0 radical (unpaired) electrons. The van der Waals surface area contributed by atoms with Crippen molar-refractivity contribution >= 4 is 38.6 Å². The molecule has 2 aromatic heterocycles. The highest BCUT2D eigenvalue weighted by atomic mass is 32.1. The molecule has 2 saturated heterocycles. The van der Waals surface area contributed by atoms with Gasteiger partial charge < -0.3 is 18.9 Å². The normalized spacial score (nSPS) is 22.3. The number of carbonyl (C=O) groups is 2. The van der Waals surface area contributed by atoms with Crippen molar-refractivity contribution in [3.8, 4) is 11.3 Å². The van der Waals surface area contributed by atoms with Crippen LogP contribution >= 0.6 is 11.3 Å². The monoisotopic (exact) mass is 547 g/mol. The number of anilines is 1. The summed E-state index contributed by atoms with van der Waals surface area (Å²) in [6, 6.07) is 12.6. The Morgan fingerprint density at radius 3 is 2.49 bits per heavy atom. The van der Waals surface area contributed by atoms with Gasteiger partial charge in [0.15, 0.2) is 16.7 Å². The molecule has 0 spiro atoms. The fourth-order valence-corrected chi connectivity index (χ4v) is 7.15. The Morgan fingerprint density at radius 2 is 1.79 bits per heavy atom. The highest BCUT2D eigenvalue weighted by molar-refractivity contribution is 7.22. The Morgan fingerprint density at radius 1 is 1.05 bits per heavy atom. The van der Waals surface area contributed by atoms with Crippen LogP contribution < -0.4 is 4.90 Å². The second-order valence-electron chi connectivity index (χ2n) is 10.5. The Balaban J connectivity index is 1.12. The zero-order valence-electron chi connectivity index (χ0n) is 21.3. The van der Waals surface area contributed by atoms with Crippen molar-refractivity contribution in [1.29, 1.82) is 0 Å². The van der Waals surface area contributed by atoms with E-state index in [1.807, 2.05) is 30.3 Å². The molecule has 2 aromatic carbocycles. The lowest BCUT2D eigenvalue weighted by Gasteiger charge is -2.38. The number of rotatable bonds is 6. The standard InChI is InChI=1S/C29H26FN3O5S/c1-36-27(34)17-11-21(30)25-22(12-17)39-29(31-25)33-18-9-10-19(33)14-20(13-18)37-28(35)23-24(15-5-3-2-4-6-15)32-38-26(23)16-7-8-16/h2-6,11-12,16,18-20H,7-10,13-14H2,1H3/t18-,19+,20?. The zero-order valence-corrected chi connectivity index (χ0v) is 22.1. The Bertz CT molecular complexity index is 1570. The van der Waals surface area contributed by atoms with Crippen molar-refractivity contribution in [2.45, 2.75) is 62.6 Å². The Labute approximate surface area is 227 Å². The topological polar surface area (TPSA) is 94.8 Å². The maximum Gasteiger partial charge on any atom is 0.344 e. The minimum Gasteiger partial charge on any atom is -0.465 e. The van der Waals surface area contributed by atoms with Gasteiger partial charge in [-0.3, -0.25) is 0 Å². The van der Waals surface area contributed by atoms with Crippen molar-refractivity contribution in [2.24, 2.45) is 0 Å². The molecule has 1 saturated carbocycles. The number of thiazole rings is 1. The van der Waals surface area contributed by atoms with Gasteiger partial charge in [0.1, 0.15) is 22.9 Å². The quantitative estimate of drug-likeness (QED) is 0.267. The van der Waals surface area contributed by atoms with Crippen LogP contribution in [0.1, 0.15) is 70.9 Å². The molecule has 39 heavy (non-hydrogen) atoms. The smallest absolute Gasteiger partial charge is 0.344 e. The number of benzene rings is 2. The van der Waals surface area contributed by atoms with E-state index in [1.54, 1.807) is 6.07 Å². The molecular weight excluding hydrogens is 521 g/mol. The third-order valence-corrected chi connectivity index (χ3v) is 8.98. The first-order chi connectivity index (χ1) is 19.0. The lowest BCUT2D eigenvalue weighted by Crippen LogP contribution is -2.46. The molecule has 4 aromatic rings. The highest BCUT2D eigenvalue weighted by Gasteiger charge is 2.44. The van der Waals surface area contributed by atoms with Crippen LogP contribution in [0.25, 0.3) is 21.5 Å². The van der Waals surface area contributed by atoms with Crippen LogP contribution in [0.2, 0.25) is 0 Å². The predicted octanol–water partition coefficient (Wildman–Crippen LogP) is 6.11. The van der Waals surface area contributed by atoms with Gasteiger partial charge in [-0.2, -0.15) is 0 Å². The first kappa shape index (κ1) is 24.3. The number of esters is 2. The minimum absolute atomic E-state index is 0.129. The third kappa shape index (κ3) is 4.27. The summed E-state index contributed by atoms with van der Waals surface area (Å²) in [7, 11) is 1.27. The number of fused-ring (bicyclic) bond motifs is 3. The van der Waals surface area contributed by atoms with Gasteiger partial charge in [0.25, 0.3) is 0 Å². The van der Waals surface area contributed by atoms with Crippen LogP contribution in [0.4, 0.5) is 9.52 Å². The molecule has 200 valence electrons. The summed E-state index contributed by atoms with van der Waals surface area (Å²) in [5, 5.41) is 4.98. The fraction of sp³-hybridized carbons (Fsp3) is 0.379. The summed E-state index contributed by atoms with van der Waals surface area (Å²) in [6.07, 6.45) is 4.94. The summed E-state index contributed by atoms with van der Waals surface area (Å²) in [5.74, 6) is -0.661. The van der Waals surface area contributed by atoms with Crippen molar-refractivity contribution in [1.82, 2.24) is 10.1 Å². The average molecular weight is 548 g/mol. The number of halogens is 1. The van der Waals surface area contributed by atoms with E-state index in [4.69, 9.17) is 14.0 Å². The molecule has 10 heteroatoms. The molecule has 3 atom stereocenters. The zero-order chi connectivity index (χ0) is 26.7. The highest BCUT2D eigenvalue weighted by Crippen LogP contribution is 2.46. The molecule has 7 rings (SSSR count). The summed E-state index contributed by atoms with van der Waals surface area (Å²) in [5.41, 5.74) is 2.23. The largest absolute Gasteiger partial charge is 0.465 e. The van der Waals surface area contributed by atoms with Crippen LogP contribution in [0, 0.1) is 5.82 Å². The van der Waals surface area contributed by atoms with E-state index in [1.165, 1.54) is 24.5 Å². The summed E-state index contributed by atoms with van der Waals surface area (Å²) in [4.78, 5) is 32.3. The van der Waals surface area contributed by atoms with Gasteiger partial charge in [0.05, 0.1) is 17.4 Å². The van der Waals surface area contributed by atoms with Crippen LogP contribution in [0.3, 0.4) is 0 Å². The number of hydrogen-bond acceptors (Lipinski definition) is 9. The fourth-order valence-electron chi connectivity index (χ4n) is 5.99. The Hall–Kier alpha value is -3.79. The van der Waals surface area contributed by atoms with Crippen molar-refractivity contribution in [3.63, 3.8) is 0 Å². The van der Waals surface area contributed by atoms with Crippen molar-refractivity contribution < 1.29 is 28.0 Å². The lowest BCUT2D eigenvalue weighted by molar-refractivity contribution is 0.0202. The van der Waals surface area contributed by atoms with E-state index >= 15 is 0 Å². The molecule has 2 aliphatic heterocycles. The van der Waals surface area contributed by atoms with E-state index in [9.17, 15) is 14.0 Å². The SMILES string of the molecule is COC(=O)c1cc(F)c2nc(N3[C@@H]4CC[C@H]3CC(OC(=O)c3c(-c5ccccc5)noc3C3CC3)C4)sc2c1. The van der Waals surface area contributed by atoms with Crippen LogP contribution in [0.15, 0.2) is 47.0 Å². The number of hydrogen-bond donors (Lipinski definition) is 0. The first-order valence-electron chi connectivity index (χ1n) is 13.2. The van der Waals surface area contributed by atoms with Crippen LogP contribution in [0.5, 0.6) is 0 Å². The molecule has 3 aliphatic rings. The van der Waals surface area contributed by atoms with Crippen LogP contribution in [-0.4, -0.2) is 47.4 Å². The molecular formula is C29H26FN3O5S. The predicted molar refractivity (Wildman–Crippen MR) is 143 cm³/mol. The minimum atomic E-state index is -0.582. The summed E-state index contributed by atoms with van der Waals surface area (Å²) in [6.45, 7) is 0. The average Bonchev–Trinajstić information content (AvgIpc) is 3.43. The Kier molecular flexibility index (Phi) is 5.88. The van der Waals surface area contributed by atoms with Gasteiger partial charge in [-0.15, -0.1) is 0 Å². The number of nitrogens with zero attached hydrogens (tertiary/aromatic N) is 3. The van der Waals surface area contributed by atoms with E-state index in [-0.39, 0.29) is 41.2 Å². The molecule has 0 amide bonds. The molecule has 1 unspecified atom stereocenters. The number of aromatic nitrogens is 2. The number of piperidine rings is 1. The second kappa shape index (κ2) is 9.44. The van der Waals surface area contributed by atoms with Crippen molar-refractivity contribution in [3.05, 3.63) is 65.2 Å². The molecule has 0 N–H and O–H groups in total. The molecule has 8 nitrogen and oxygen atoms in total. The van der Waals surface area contributed by atoms with E-state index in [0.717, 1.165) is 36.4 Å². The van der Waals surface area contributed by atoms with Gasteiger partial charge in [0, 0.05) is 36.4 Å². The molecule has 3 fully saturated rings. The number of methoxy groups -OCH3 is 1. The first-order valence-corrected chi connectivity index (χ1v) is 14.0. The van der Waals surface area contributed by atoms with E-state index < -0.39 is 11.8 Å². The van der Waals surface area contributed by atoms with Gasteiger partial charge in [-0.05, 0) is 37.8 Å². The number of carbonyl (C=O) groups excluding carboxylic acids is 2. The third-order valence-electron chi connectivity index (χ3n) is 7.96. The van der Waals surface area contributed by atoms with Crippen LogP contribution in [-0.2, 0) is 9.47 Å². The second-order valence-corrected chi connectivity index (χ2v) is 11.5. The molecule has 1 aliphatic carbocycles. The van der Waals surface area contributed by atoms with Gasteiger partial charge in [0.2, 0.25) is 0 Å². The maximum absolute atomic E-state index is 14.8. The molecule has 2 bridgehead atoms. The lowest BCUT2D eigenvalue weighted by atomic mass is 9.99. The van der Waals surface area contributed by atoms with E-state index in [2.05, 4.69) is 15.0 Å². The van der Waals surface area contributed by atoms with E-state index in [0.29, 0.717) is 34.6 Å². The molecule has 4 heterocycles. The van der Waals surface area contributed by atoms with Gasteiger partial charge >= 0.3 is 11.9 Å². The van der Waals surface area contributed by atoms with Gasteiger partial charge in [-0.1, -0.05) is 46.8 Å². The summed E-state index contributed by atoms with van der Waals surface area (Å²) < 4.78 is 31.9. The maximum atomic E-state index is 14.8. The van der Waals surface area contributed by atoms with Crippen molar-refractivity contribution in [2.75, 3.05) is 12.0 Å². The summed E-state index contributed by atoms with van der Waals surface area (Å²) >= 11 is 1.37. The number of ether oxygens (including phenoxy) is 2. The van der Waals surface area contributed by atoms with Gasteiger partial charge in [-0.25, -0.2) is 19.0 Å².